The van der Waals surface area contributed by atoms with Crippen LogP contribution in [0.25, 0.3) is 0 Å². The lowest BCUT2D eigenvalue weighted by Gasteiger charge is -2.20. The van der Waals surface area contributed by atoms with Gasteiger partial charge in [-0.1, -0.05) is 181 Å². The second-order valence-electron chi connectivity index (χ2n) is 13.5. The number of phosphoric ester groups is 1. The van der Waals surface area contributed by atoms with Gasteiger partial charge < -0.3 is 20.1 Å². The maximum atomic E-state index is 12.5. The second-order valence-corrected chi connectivity index (χ2v) is 15.0. The van der Waals surface area contributed by atoms with Crippen molar-refractivity contribution in [1.29, 1.82) is 0 Å². The SMILES string of the molecule is CCCCCCCCCCCCCCCCCCOC[C@H](COP(=O)(O)OCCN)OC(=O)CCCCCCCCCCCCCC. The number of unbranched alkanes of at least 4 members (excludes halogenated alkanes) is 26. The molecule has 8 nitrogen and oxygen atoms in total. The third-order valence-electron chi connectivity index (χ3n) is 8.77. The number of phosphoric acid groups is 1. The Morgan fingerprint density at radius 2 is 0.936 bits per heavy atom. The van der Waals surface area contributed by atoms with Gasteiger partial charge in [0.2, 0.25) is 0 Å². The van der Waals surface area contributed by atoms with Crippen molar-refractivity contribution in [3.05, 3.63) is 0 Å². The topological polar surface area (TPSA) is 117 Å². The van der Waals surface area contributed by atoms with Crippen molar-refractivity contribution in [2.75, 3.05) is 33.0 Å². The summed E-state index contributed by atoms with van der Waals surface area (Å²) in [6.07, 6.45) is 35.4. The number of esters is 1. The lowest BCUT2D eigenvalue weighted by Crippen LogP contribution is -2.28. The Bertz CT molecular complexity index is 697. The molecular formula is C38H78NO7P. The summed E-state index contributed by atoms with van der Waals surface area (Å²) < 4.78 is 33.3. The summed E-state index contributed by atoms with van der Waals surface area (Å²) in [6, 6.07) is 0. The standard InChI is InChI=1S/C38H78NO7P/c1-3-5-7-9-11-13-15-17-18-19-20-22-24-26-28-30-33-43-35-37(36-45-47(41,42)44-34-32-39)46-38(40)31-29-27-25-23-21-16-14-12-10-8-6-4-2/h37H,3-36,39H2,1-2H3,(H,41,42)/t37-/m1/s1. The highest BCUT2D eigenvalue weighted by Crippen LogP contribution is 2.43. The van der Waals surface area contributed by atoms with Crippen LogP contribution in [0.3, 0.4) is 0 Å². The van der Waals surface area contributed by atoms with Crippen LogP contribution in [0.1, 0.15) is 200 Å². The summed E-state index contributed by atoms with van der Waals surface area (Å²) in [7, 11) is -4.26. The lowest BCUT2D eigenvalue weighted by atomic mass is 10.0. The monoisotopic (exact) mass is 692 g/mol. The van der Waals surface area contributed by atoms with Crippen LogP contribution in [0.4, 0.5) is 0 Å². The fourth-order valence-corrected chi connectivity index (χ4v) is 6.59. The van der Waals surface area contributed by atoms with E-state index < -0.39 is 13.9 Å². The molecule has 0 aliphatic rings. The number of hydrogen-bond acceptors (Lipinski definition) is 7. The van der Waals surface area contributed by atoms with Gasteiger partial charge in [-0.2, -0.15) is 0 Å². The zero-order valence-electron chi connectivity index (χ0n) is 31.0. The van der Waals surface area contributed by atoms with E-state index in [0.29, 0.717) is 13.0 Å². The molecule has 0 aromatic carbocycles. The maximum absolute atomic E-state index is 12.5. The van der Waals surface area contributed by atoms with Crippen molar-refractivity contribution in [3.8, 4) is 0 Å². The van der Waals surface area contributed by atoms with Crippen LogP contribution in [-0.2, 0) is 27.9 Å². The highest BCUT2D eigenvalue weighted by molar-refractivity contribution is 7.47. The molecule has 0 saturated carbocycles. The molecule has 2 atom stereocenters. The van der Waals surface area contributed by atoms with Crippen LogP contribution >= 0.6 is 7.82 Å². The molecule has 0 aliphatic heterocycles. The van der Waals surface area contributed by atoms with Crippen LogP contribution in [0.2, 0.25) is 0 Å². The summed E-state index contributed by atoms with van der Waals surface area (Å²) in [6.45, 7) is 4.96. The molecule has 1 unspecified atom stereocenters. The van der Waals surface area contributed by atoms with Crippen molar-refractivity contribution >= 4 is 13.8 Å². The molecule has 0 fully saturated rings. The number of ether oxygens (including phenoxy) is 2. The van der Waals surface area contributed by atoms with E-state index in [9.17, 15) is 14.3 Å². The minimum Gasteiger partial charge on any atom is -0.457 e. The number of carbonyl (C=O) groups is 1. The first kappa shape index (κ1) is 46.5. The van der Waals surface area contributed by atoms with E-state index in [1.165, 1.54) is 148 Å². The zero-order valence-corrected chi connectivity index (χ0v) is 31.9. The Morgan fingerprint density at radius 3 is 1.34 bits per heavy atom. The minimum absolute atomic E-state index is 0.0903. The van der Waals surface area contributed by atoms with E-state index in [0.717, 1.165) is 32.1 Å². The van der Waals surface area contributed by atoms with E-state index in [-0.39, 0.29) is 32.3 Å². The van der Waals surface area contributed by atoms with E-state index in [1.807, 2.05) is 0 Å². The summed E-state index contributed by atoms with van der Waals surface area (Å²) >= 11 is 0. The molecule has 0 aromatic heterocycles. The van der Waals surface area contributed by atoms with Gasteiger partial charge >= 0.3 is 13.8 Å². The molecule has 0 aromatic rings. The average molecular weight is 692 g/mol. The third kappa shape index (κ3) is 36.6. The van der Waals surface area contributed by atoms with Gasteiger partial charge in [-0.15, -0.1) is 0 Å². The quantitative estimate of drug-likeness (QED) is 0.0371. The van der Waals surface area contributed by atoms with Crippen molar-refractivity contribution in [3.63, 3.8) is 0 Å². The third-order valence-corrected chi connectivity index (χ3v) is 9.76. The van der Waals surface area contributed by atoms with Crippen LogP contribution in [-0.4, -0.2) is 49.9 Å². The normalized spacial score (nSPS) is 13.5. The highest BCUT2D eigenvalue weighted by atomic mass is 31.2. The molecule has 0 bridgehead atoms. The average Bonchev–Trinajstić information content (AvgIpc) is 3.06. The van der Waals surface area contributed by atoms with Crippen molar-refractivity contribution in [2.24, 2.45) is 5.73 Å². The van der Waals surface area contributed by atoms with E-state index >= 15 is 0 Å². The summed E-state index contributed by atoms with van der Waals surface area (Å²) in [5.41, 5.74) is 5.35. The van der Waals surface area contributed by atoms with Crippen LogP contribution in [0.15, 0.2) is 0 Å². The summed E-state index contributed by atoms with van der Waals surface area (Å²) in [5, 5.41) is 0. The maximum Gasteiger partial charge on any atom is 0.472 e. The van der Waals surface area contributed by atoms with Crippen molar-refractivity contribution in [2.45, 2.75) is 206 Å². The number of rotatable bonds is 39. The summed E-state index contributed by atoms with van der Waals surface area (Å²) in [4.78, 5) is 22.4. The number of nitrogens with two attached hydrogens (primary N) is 1. The van der Waals surface area contributed by atoms with Gasteiger partial charge in [-0.3, -0.25) is 13.8 Å². The predicted octanol–water partition coefficient (Wildman–Crippen LogP) is 11.4. The van der Waals surface area contributed by atoms with Crippen LogP contribution in [0.5, 0.6) is 0 Å². The first-order valence-corrected chi connectivity index (χ1v) is 21.5. The largest absolute Gasteiger partial charge is 0.472 e. The van der Waals surface area contributed by atoms with E-state index in [4.69, 9.17) is 24.3 Å². The lowest BCUT2D eigenvalue weighted by molar-refractivity contribution is -0.154. The first-order chi connectivity index (χ1) is 22.9. The molecule has 47 heavy (non-hydrogen) atoms. The van der Waals surface area contributed by atoms with Gasteiger partial charge in [0.05, 0.1) is 19.8 Å². The van der Waals surface area contributed by atoms with Gasteiger partial charge in [0.25, 0.3) is 0 Å². The Kier molecular flexibility index (Phi) is 36.4. The summed E-state index contributed by atoms with van der Waals surface area (Å²) in [5.74, 6) is -0.327. The van der Waals surface area contributed by atoms with Gasteiger partial charge in [-0.25, -0.2) is 4.57 Å². The second kappa shape index (κ2) is 36.8. The molecule has 0 amide bonds. The zero-order chi connectivity index (χ0) is 34.5. The van der Waals surface area contributed by atoms with Crippen LogP contribution in [0, 0.1) is 0 Å². The minimum atomic E-state index is -4.26. The molecule has 3 N–H and O–H groups in total. The number of carbonyl (C=O) groups excluding carboxylic acids is 1. The van der Waals surface area contributed by atoms with Gasteiger partial charge in [0.1, 0.15) is 6.10 Å². The van der Waals surface area contributed by atoms with E-state index in [1.54, 1.807) is 0 Å². The molecule has 0 rings (SSSR count). The van der Waals surface area contributed by atoms with Gasteiger partial charge in [0, 0.05) is 19.6 Å². The molecule has 9 heteroatoms. The Morgan fingerprint density at radius 1 is 0.553 bits per heavy atom. The van der Waals surface area contributed by atoms with Crippen molar-refractivity contribution < 1.29 is 32.8 Å². The first-order valence-electron chi connectivity index (χ1n) is 20.0. The molecule has 0 heterocycles. The van der Waals surface area contributed by atoms with Gasteiger partial charge in [0.15, 0.2) is 0 Å². The van der Waals surface area contributed by atoms with Crippen LogP contribution < -0.4 is 5.73 Å². The molecule has 0 radical (unpaired) electrons. The Balaban J connectivity index is 4.00. The smallest absolute Gasteiger partial charge is 0.457 e. The highest BCUT2D eigenvalue weighted by Gasteiger charge is 2.25. The molecule has 0 aliphatic carbocycles. The van der Waals surface area contributed by atoms with E-state index in [2.05, 4.69) is 13.8 Å². The molecule has 0 saturated heterocycles. The molecule has 0 spiro atoms. The number of hydrogen-bond donors (Lipinski definition) is 2. The Hall–Kier alpha value is -0.500. The van der Waals surface area contributed by atoms with Crippen molar-refractivity contribution in [1.82, 2.24) is 0 Å². The Labute approximate surface area is 291 Å². The fraction of sp³-hybridized carbons (Fsp3) is 0.974. The van der Waals surface area contributed by atoms with Gasteiger partial charge in [-0.05, 0) is 12.8 Å². The molecule has 282 valence electrons. The predicted molar refractivity (Wildman–Crippen MR) is 197 cm³/mol. The molecular weight excluding hydrogens is 613 g/mol. The fourth-order valence-electron chi connectivity index (χ4n) is 5.82.